The van der Waals surface area contributed by atoms with E-state index in [2.05, 4.69) is 11.9 Å². The Kier molecular flexibility index (Phi) is 1.52. The van der Waals surface area contributed by atoms with Gasteiger partial charge < -0.3 is 4.90 Å². The molecule has 2 rings (SSSR count). The minimum Gasteiger partial charge on any atom is -0.306 e. The van der Waals surface area contributed by atoms with Crippen LogP contribution in [-0.4, -0.2) is 32.9 Å². The molecule has 54 valence electrons. The lowest BCUT2D eigenvalue weighted by Gasteiger charge is -2.13. The van der Waals surface area contributed by atoms with Crippen molar-refractivity contribution in [2.24, 2.45) is 11.8 Å². The lowest BCUT2D eigenvalue weighted by Crippen LogP contribution is -2.16. The van der Waals surface area contributed by atoms with Crippen LogP contribution in [-0.2, 0) is 0 Å². The summed E-state index contributed by atoms with van der Waals surface area (Å²) in [7, 11) is 8.15. The summed E-state index contributed by atoms with van der Waals surface area (Å²) in [5.41, 5.74) is 0. The van der Waals surface area contributed by atoms with E-state index in [4.69, 9.17) is 7.85 Å². The van der Waals surface area contributed by atoms with Gasteiger partial charge in [0.05, 0.1) is 7.85 Å². The first kappa shape index (κ1) is 6.72. The molecule has 2 fully saturated rings. The van der Waals surface area contributed by atoms with E-state index in [0.29, 0.717) is 5.82 Å². The Morgan fingerprint density at radius 1 is 1.30 bits per heavy atom. The summed E-state index contributed by atoms with van der Waals surface area (Å²) >= 11 is 0. The molecule has 0 aromatic heterocycles. The Balaban J connectivity index is 2.05. The predicted octanol–water partition coefficient (Wildman–Crippen LogP) is 0.915. The molecular formula is C8H14BN. The van der Waals surface area contributed by atoms with Crippen LogP contribution in [0.15, 0.2) is 0 Å². The molecule has 3 atom stereocenters. The molecule has 3 unspecified atom stereocenters. The lowest BCUT2D eigenvalue weighted by atomic mass is 9.78. The van der Waals surface area contributed by atoms with Gasteiger partial charge in [-0.3, -0.25) is 0 Å². The quantitative estimate of drug-likeness (QED) is 0.446. The highest BCUT2D eigenvalue weighted by molar-refractivity contribution is 6.12. The number of fused-ring (bicyclic) bond motifs is 1. The smallest absolute Gasteiger partial charge is 0.0704 e. The Hall–Kier alpha value is 0.0249. The summed E-state index contributed by atoms with van der Waals surface area (Å²) in [4.78, 5) is 2.41. The highest BCUT2D eigenvalue weighted by Gasteiger charge is 2.38. The third-order valence-corrected chi connectivity index (χ3v) is 3.09. The summed E-state index contributed by atoms with van der Waals surface area (Å²) in [5.74, 6) is 2.26. The molecule has 1 saturated heterocycles. The Bertz CT molecular complexity index is 137. The van der Waals surface area contributed by atoms with Gasteiger partial charge in [0.2, 0.25) is 0 Å². The number of likely N-dealkylation sites (tertiary alicyclic amines) is 1. The van der Waals surface area contributed by atoms with Gasteiger partial charge in [0.1, 0.15) is 0 Å². The van der Waals surface area contributed by atoms with E-state index in [0.717, 1.165) is 11.8 Å². The molecule has 1 saturated carbocycles. The monoisotopic (exact) mass is 135 g/mol. The van der Waals surface area contributed by atoms with Crippen molar-refractivity contribution in [1.29, 1.82) is 0 Å². The lowest BCUT2D eigenvalue weighted by molar-refractivity contribution is 0.379. The molecule has 0 aromatic carbocycles. The van der Waals surface area contributed by atoms with Crippen molar-refractivity contribution in [3.05, 3.63) is 0 Å². The van der Waals surface area contributed by atoms with Gasteiger partial charge in [0.15, 0.2) is 0 Å². The van der Waals surface area contributed by atoms with Crippen LogP contribution < -0.4 is 0 Å². The van der Waals surface area contributed by atoms with Gasteiger partial charge in [0.25, 0.3) is 0 Å². The van der Waals surface area contributed by atoms with Crippen molar-refractivity contribution < 1.29 is 0 Å². The van der Waals surface area contributed by atoms with Gasteiger partial charge in [-0.2, -0.15) is 0 Å². The average Bonchev–Trinajstić information content (AvgIpc) is 2.35. The molecule has 0 bridgehead atoms. The van der Waals surface area contributed by atoms with Gasteiger partial charge in [0, 0.05) is 13.1 Å². The second-order valence-corrected chi connectivity index (χ2v) is 3.89. The van der Waals surface area contributed by atoms with E-state index in [9.17, 15) is 0 Å². The summed E-state index contributed by atoms with van der Waals surface area (Å²) in [6.07, 6.45) is 2.64. The zero-order chi connectivity index (χ0) is 7.14. The predicted molar refractivity (Wildman–Crippen MR) is 43.2 cm³/mol. The van der Waals surface area contributed by atoms with Crippen LogP contribution in [0.5, 0.6) is 0 Å². The number of nitrogens with zero attached hydrogens (tertiary/aromatic N) is 1. The molecule has 0 amide bonds. The van der Waals surface area contributed by atoms with Gasteiger partial charge in [-0.15, -0.1) is 0 Å². The number of rotatable bonds is 0. The Morgan fingerprint density at radius 3 is 2.80 bits per heavy atom. The molecular weight excluding hydrogens is 121 g/mol. The molecule has 0 aromatic rings. The van der Waals surface area contributed by atoms with Crippen molar-refractivity contribution in [3.63, 3.8) is 0 Å². The fourth-order valence-corrected chi connectivity index (χ4v) is 2.53. The Labute approximate surface area is 64.2 Å². The summed E-state index contributed by atoms with van der Waals surface area (Å²) < 4.78 is 0. The normalized spacial score (nSPS) is 47.9. The van der Waals surface area contributed by atoms with Crippen LogP contribution in [0.2, 0.25) is 5.82 Å². The van der Waals surface area contributed by atoms with E-state index in [1.165, 1.54) is 25.9 Å². The maximum absolute atomic E-state index is 5.96. The van der Waals surface area contributed by atoms with Crippen LogP contribution in [0.3, 0.4) is 0 Å². The second kappa shape index (κ2) is 2.26. The summed E-state index contributed by atoms with van der Waals surface area (Å²) in [6, 6.07) is 0. The van der Waals surface area contributed by atoms with Crippen LogP contribution in [0.4, 0.5) is 0 Å². The van der Waals surface area contributed by atoms with E-state index in [1.807, 2.05) is 0 Å². The number of hydrogen-bond acceptors (Lipinski definition) is 1. The summed E-state index contributed by atoms with van der Waals surface area (Å²) in [6.45, 7) is 2.53. The van der Waals surface area contributed by atoms with Crippen molar-refractivity contribution in [2.75, 3.05) is 20.1 Å². The number of hydrogen-bond donors (Lipinski definition) is 0. The third kappa shape index (κ3) is 0.896. The third-order valence-electron chi connectivity index (χ3n) is 3.09. The highest BCUT2D eigenvalue weighted by Crippen LogP contribution is 2.43. The second-order valence-electron chi connectivity index (χ2n) is 3.89. The van der Waals surface area contributed by atoms with E-state index in [-0.39, 0.29) is 0 Å². The Morgan fingerprint density at radius 2 is 2.10 bits per heavy atom. The van der Waals surface area contributed by atoms with Crippen LogP contribution in [0.25, 0.3) is 0 Å². The standard InChI is InChI=1S/C8H14BN/c1-10-4-6-2-3-8(9)7(6)5-10/h6-8H,2-5H2,1H3. The van der Waals surface area contributed by atoms with Crippen LogP contribution in [0.1, 0.15) is 12.8 Å². The molecule has 2 radical (unpaired) electrons. The zero-order valence-electron chi connectivity index (χ0n) is 6.59. The van der Waals surface area contributed by atoms with E-state index >= 15 is 0 Å². The molecule has 1 aliphatic carbocycles. The molecule has 2 aliphatic rings. The first-order valence-electron chi connectivity index (χ1n) is 4.21. The molecule has 1 aliphatic heterocycles. The first-order valence-corrected chi connectivity index (χ1v) is 4.21. The van der Waals surface area contributed by atoms with Crippen molar-refractivity contribution in [3.8, 4) is 0 Å². The molecule has 2 heteroatoms. The average molecular weight is 135 g/mol. The minimum atomic E-state index is 0.509. The van der Waals surface area contributed by atoms with Gasteiger partial charge in [-0.25, -0.2) is 0 Å². The topological polar surface area (TPSA) is 3.24 Å². The van der Waals surface area contributed by atoms with Gasteiger partial charge in [-0.05, 0) is 25.3 Å². The zero-order valence-corrected chi connectivity index (χ0v) is 6.59. The van der Waals surface area contributed by atoms with E-state index < -0.39 is 0 Å². The molecule has 0 N–H and O–H groups in total. The maximum atomic E-state index is 5.96. The van der Waals surface area contributed by atoms with Crippen molar-refractivity contribution >= 4 is 7.85 Å². The summed E-state index contributed by atoms with van der Waals surface area (Å²) in [5, 5.41) is 0. The molecule has 1 heterocycles. The van der Waals surface area contributed by atoms with Crippen molar-refractivity contribution in [1.82, 2.24) is 4.90 Å². The molecule has 1 nitrogen and oxygen atoms in total. The largest absolute Gasteiger partial charge is 0.306 e. The van der Waals surface area contributed by atoms with Crippen LogP contribution >= 0.6 is 0 Å². The van der Waals surface area contributed by atoms with Crippen molar-refractivity contribution in [2.45, 2.75) is 18.7 Å². The molecule has 10 heavy (non-hydrogen) atoms. The van der Waals surface area contributed by atoms with Gasteiger partial charge >= 0.3 is 0 Å². The highest BCUT2D eigenvalue weighted by atomic mass is 15.1. The SMILES string of the molecule is [B]C1CCC2CN(C)CC12. The fourth-order valence-electron chi connectivity index (χ4n) is 2.53. The first-order chi connectivity index (χ1) is 4.77. The van der Waals surface area contributed by atoms with Crippen LogP contribution in [0, 0.1) is 11.8 Å². The maximum Gasteiger partial charge on any atom is 0.0704 e. The van der Waals surface area contributed by atoms with Gasteiger partial charge in [-0.1, -0.05) is 12.2 Å². The fraction of sp³-hybridized carbons (Fsp3) is 1.00. The minimum absolute atomic E-state index is 0.509. The van der Waals surface area contributed by atoms with E-state index in [1.54, 1.807) is 0 Å². The molecule has 0 spiro atoms.